The number of fused-ring (bicyclic) bond motifs is 7. The summed E-state index contributed by atoms with van der Waals surface area (Å²) < 4.78 is 19.8. The smallest absolute Gasteiger partial charge is 0.294 e. The van der Waals surface area contributed by atoms with Crippen molar-refractivity contribution in [2.45, 2.75) is 95.5 Å². The van der Waals surface area contributed by atoms with Crippen LogP contribution in [0.25, 0.3) is 78.0 Å². The number of nitrogens with one attached hydrogen (secondary N) is 4. The van der Waals surface area contributed by atoms with E-state index in [9.17, 15) is 23.6 Å². The van der Waals surface area contributed by atoms with Crippen LogP contribution < -0.4 is 25.8 Å². The number of amides is 3. The number of piperazine rings is 1. The van der Waals surface area contributed by atoms with Crippen LogP contribution in [0.5, 0.6) is 0 Å². The molecule has 0 saturated carbocycles. The molecule has 115 heavy (non-hydrogen) atoms. The van der Waals surface area contributed by atoms with E-state index in [0.717, 1.165) is 170 Å². The number of hydrogen-bond acceptors (Lipinski definition) is 14. The lowest BCUT2D eigenvalue weighted by Gasteiger charge is -2.34. The number of anilines is 3. The highest BCUT2D eigenvalue weighted by molar-refractivity contribution is 8.01. The maximum absolute atomic E-state index is 13.8. The summed E-state index contributed by atoms with van der Waals surface area (Å²) in [6, 6.07) is 75.9. The largest absolute Gasteiger partial charge is 0.451 e. The van der Waals surface area contributed by atoms with Crippen molar-refractivity contribution in [3.8, 4) is 56.2 Å². The van der Waals surface area contributed by atoms with Gasteiger partial charge in [0.25, 0.3) is 5.91 Å². The molecule has 0 bridgehead atoms. The average Bonchev–Trinajstić information content (AvgIpc) is 1.62. The predicted octanol–water partition coefficient (Wildman–Crippen LogP) is 20.0. The first-order valence-corrected chi connectivity index (χ1v) is 39.8. The number of furan rings is 1. The van der Waals surface area contributed by atoms with E-state index >= 15 is 0 Å². The third-order valence-electron chi connectivity index (χ3n) is 20.8. The molecule has 17 nitrogen and oxygen atoms in total. The van der Waals surface area contributed by atoms with Gasteiger partial charge in [-0.3, -0.25) is 44.0 Å². The minimum absolute atomic E-state index is 0. The van der Waals surface area contributed by atoms with E-state index in [1.54, 1.807) is 53.2 Å². The number of aromatic nitrogens is 6. The Kier molecular flexibility index (Phi) is 25.3. The number of thioether (sulfide) groups is 1. The second kappa shape index (κ2) is 36.7. The molecular weight excluding hydrogens is 1480 g/mol. The van der Waals surface area contributed by atoms with Gasteiger partial charge in [-0.1, -0.05) is 110 Å². The summed E-state index contributed by atoms with van der Waals surface area (Å²) in [7, 11) is 2.15. The molecule has 3 atom stereocenters. The fourth-order valence-electron chi connectivity index (χ4n) is 14.5. The van der Waals surface area contributed by atoms with Crippen LogP contribution in [0.1, 0.15) is 101 Å². The van der Waals surface area contributed by atoms with Crippen LogP contribution in [0, 0.1) is 19.7 Å². The first kappa shape index (κ1) is 79.4. The van der Waals surface area contributed by atoms with Gasteiger partial charge in [0.15, 0.2) is 11.5 Å². The van der Waals surface area contributed by atoms with Crippen molar-refractivity contribution in [2.24, 2.45) is 0 Å². The lowest BCUT2D eigenvalue weighted by molar-refractivity contribution is -0.121. The van der Waals surface area contributed by atoms with Gasteiger partial charge >= 0.3 is 0 Å². The lowest BCUT2D eigenvalue weighted by atomic mass is 9.96. The number of nitrogens with zero attached hydrogens (tertiary/aromatic N) is 8. The first-order chi connectivity index (χ1) is 55.6. The third kappa shape index (κ3) is 19.3. The Morgan fingerprint density at radius 1 is 0.670 bits per heavy atom. The Morgan fingerprint density at radius 3 is 2.19 bits per heavy atom. The quantitative estimate of drug-likeness (QED) is 0.0753. The van der Waals surface area contributed by atoms with Gasteiger partial charge in [0.2, 0.25) is 11.8 Å². The summed E-state index contributed by atoms with van der Waals surface area (Å²) >= 11 is 7.65. The normalized spacial score (nSPS) is 15.5. The molecule has 20 heteroatoms. The molecule has 7 aromatic heterocycles. The van der Waals surface area contributed by atoms with Gasteiger partial charge in [-0.2, -0.15) is 0 Å². The minimum Gasteiger partial charge on any atom is -0.451 e. The van der Waals surface area contributed by atoms with E-state index in [1.807, 2.05) is 197 Å². The second-order valence-corrected chi connectivity index (χ2v) is 30.7. The molecule has 2 unspecified atom stereocenters. The zero-order chi connectivity index (χ0) is 78.6. The number of para-hydroxylation sites is 1. The molecule has 1 aliphatic carbocycles. The SMILES string of the molecule is C.CN1CCN(c2ccc(N(Cc3ccccn3)C(=O)c3ccc(-c4ccc(Cl)cc4)o3)cc2)CC1.Cc1ccc(-c2ccc3c4c(ccc3n2)SC2C(=O)N[C@H](C)CNC42)cn1.Cc1ccc(NC(=O)CCCc2ccc(-c3ccccc3F)cc2)cc1.O=C1CCCc2[nH]c(-c3ccnc(-c4cnc5ccccc5c4)c3)cc21. The van der Waals surface area contributed by atoms with Gasteiger partial charge < -0.3 is 35.2 Å². The number of aromatic amines is 1. The zero-order valence-electron chi connectivity index (χ0n) is 63.8. The number of rotatable bonds is 15. The molecule has 2 saturated heterocycles. The number of carbonyl (C=O) groups is 4. The van der Waals surface area contributed by atoms with Crippen molar-refractivity contribution in [2.75, 3.05) is 54.9 Å². The molecular formula is C95H90ClFN12O5S. The fourth-order valence-corrected chi connectivity index (χ4v) is 16.0. The summed E-state index contributed by atoms with van der Waals surface area (Å²) in [4.78, 5) is 84.1. The standard InChI is InChI=1S/C28H27ClN4O2.C23H22FNO.C22H17N3O.C21H20N4OS.CH4/c1-31-16-18-32(19-17-31)24-9-11-25(12-10-24)33(20-23-4-2-3-15-30-23)28(34)27-14-13-26(35-27)21-5-7-22(29)8-6-21;1-17-9-15-20(16-10-17)25-23(26)8-4-5-18-11-13-19(14-12-18)21-6-2-3-7-22(21)24;26-22-7-3-6-19-17(22)12-21(25-19)15-8-9-23-20(11-15)16-10-14-4-1-2-5-18(14)24-13-16;1-11-3-4-13(10-22-11)15-6-5-14-16(25-15)7-8-17-18(14)19-20(27-17)21(26)24-12(2)9-23-19;/h2-15H,16-20H2,1H3;2-3,6-7,9-16H,4-5,8H2,1H3,(H,25,26);1-2,4-5,8-13,25H,3,6-7H2;3-8,10,12,19-20,23H,9H2,1-2H3,(H,24,26);1H4/t;;;12-,19?,20?;/m...1./s1. The third-order valence-corrected chi connectivity index (χ3v) is 22.4. The van der Waals surface area contributed by atoms with Crippen LogP contribution >= 0.6 is 23.4 Å². The molecule has 3 aliphatic heterocycles. The molecule has 2 fully saturated rings. The van der Waals surface area contributed by atoms with E-state index in [0.29, 0.717) is 35.7 Å². The maximum Gasteiger partial charge on any atom is 0.294 e. The number of likely N-dealkylation sites (N-methyl/N-ethyl adjacent to an activating group) is 1. The number of carbonyl (C=O) groups excluding carboxylic acids is 4. The van der Waals surface area contributed by atoms with Gasteiger partial charge in [0.1, 0.15) is 16.8 Å². The number of halogens is 2. The summed E-state index contributed by atoms with van der Waals surface area (Å²) in [5.74, 6) is 0.833. The Bertz CT molecular complexity index is 5740. The molecule has 18 rings (SSSR count). The molecule has 0 radical (unpaired) electrons. The van der Waals surface area contributed by atoms with Crippen LogP contribution in [-0.2, 0) is 29.0 Å². The fraction of sp³-hybridized carbons (Fsp3) is 0.211. The Balaban J connectivity index is 0.000000127. The number of Topliss-reactive ketones (excluding diaryl/α,β-unsaturated/α-hetero) is 1. The molecule has 4 aliphatic rings. The summed E-state index contributed by atoms with van der Waals surface area (Å²) in [6.07, 6.45) is 11.8. The van der Waals surface area contributed by atoms with Crippen molar-refractivity contribution in [3.63, 3.8) is 0 Å². The number of benzene rings is 7. The second-order valence-electron chi connectivity index (χ2n) is 29.1. The van der Waals surface area contributed by atoms with Crippen molar-refractivity contribution < 1.29 is 28.0 Å². The van der Waals surface area contributed by atoms with Gasteiger partial charge in [-0.15, -0.1) is 11.8 Å². The highest BCUT2D eigenvalue weighted by atomic mass is 35.5. The van der Waals surface area contributed by atoms with E-state index in [-0.39, 0.29) is 59.8 Å². The number of aryl methyl sites for hydroxylation is 4. The summed E-state index contributed by atoms with van der Waals surface area (Å²) in [5.41, 5.74) is 20.0. The Labute approximate surface area is 678 Å². The highest BCUT2D eigenvalue weighted by Gasteiger charge is 2.41. The number of H-pyrrole nitrogens is 1. The number of ketones is 1. The van der Waals surface area contributed by atoms with Crippen molar-refractivity contribution in [3.05, 3.63) is 317 Å². The van der Waals surface area contributed by atoms with Gasteiger partial charge in [0, 0.05) is 165 Å². The number of hydrogen-bond donors (Lipinski definition) is 4. The first-order valence-electron chi connectivity index (χ1n) is 38.5. The zero-order valence-corrected chi connectivity index (χ0v) is 65.4. The van der Waals surface area contributed by atoms with Crippen LogP contribution in [0.3, 0.4) is 0 Å². The van der Waals surface area contributed by atoms with Crippen LogP contribution in [0.4, 0.5) is 21.5 Å². The molecule has 4 N–H and O–H groups in total. The monoisotopic (exact) mass is 1560 g/mol. The Morgan fingerprint density at radius 2 is 1.43 bits per heavy atom. The van der Waals surface area contributed by atoms with Gasteiger partial charge in [0.05, 0.1) is 40.7 Å². The van der Waals surface area contributed by atoms with Crippen molar-refractivity contribution >= 4 is 85.7 Å². The maximum atomic E-state index is 13.8. The van der Waals surface area contributed by atoms with Crippen LogP contribution in [0.2, 0.25) is 5.02 Å². The molecule has 14 aromatic rings. The molecule has 7 aromatic carbocycles. The van der Waals surface area contributed by atoms with Crippen LogP contribution in [0.15, 0.2) is 271 Å². The van der Waals surface area contributed by atoms with Crippen LogP contribution in [-0.4, -0.2) is 109 Å². The highest BCUT2D eigenvalue weighted by Crippen LogP contribution is 2.48. The topological polar surface area (TPSA) is 207 Å². The molecule has 10 heterocycles. The van der Waals surface area contributed by atoms with E-state index < -0.39 is 0 Å². The van der Waals surface area contributed by atoms with E-state index in [4.69, 9.17) is 21.0 Å². The van der Waals surface area contributed by atoms with Gasteiger partial charge in [-0.25, -0.2) is 9.37 Å². The molecule has 580 valence electrons. The molecule has 3 amide bonds. The predicted molar refractivity (Wildman–Crippen MR) is 461 cm³/mol. The number of pyridine rings is 5. The minimum atomic E-state index is -0.219. The van der Waals surface area contributed by atoms with Gasteiger partial charge in [-0.05, 0) is 222 Å². The lowest BCUT2D eigenvalue weighted by Crippen LogP contribution is -2.44. The van der Waals surface area contributed by atoms with Crippen molar-refractivity contribution in [1.29, 1.82) is 0 Å². The Hall–Kier alpha value is -12.3. The van der Waals surface area contributed by atoms with Crippen molar-refractivity contribution in [1.82, 2.24) is 45.4 Å². The summed E-state index contributed by atoms with van der Waals surface area (Å²) in [6.45, 7) is 11.2. The van der Waals surface area contributed by atoms with E-state index in [2.05, 4.69) is 100 Å². The average molecular weight is 1570 g/mol. The summed E-state index contributed by atoms with van der Waals surface area (Å²) in [5, 5.41) is 12.3. The molecule has 0 spiro atoms. The van der Waals surface area contributed by atoms with E-state index in [1.165, 1.54) is 22.1 Å².